The number of aromatic nitrogens is 4. The van der Waals surface area contributed by atoms with Crippen molar-refractivity contribution < 1.29 is 23.4 Å². The van der Waals surface area contributed by atoms with E-state index < -0.39 is 5.91 Å². The summed E-state index contributed by atoms with van der Waals surface area (Å²) < 4.78 is 24.6. The second kappa shape index (κ2) is 10.2. The van der Waals surface area contributed by atoms with Crippen LogP contribution in [0.4, 0.5) is 6.01 Å². The van der Waals surface area contributed by atoms with E-state index in [1.54, 1.807) is 22.9 Å². The van der Waals surface area contributed by atoms with E-state index in [0.29, 0.717) is 42.6 Å². The first-order valence-electron chi connectivity index (χ1n) is 10.7. The van der Waals surface area contributed by atoms with Gasteiger partial charge in [-0.25, -0.2) is 0 Å². The molecular weight excluding hydrogens is 414 g/mol. The largest absolute Gasteiger partial charge is 0.490 e. The van der Waals surface area contributed by atoms with Gasteiger partial charge in [-0.15, -0.1) is 5.10 Å². The Balaban J connectivity index is 1.87. The molecule has 1 aromatic carbocycles. The lowest BCUT2D eigenvalue weighted by Crippen LogP contribution is -2.14. The Morgan fingerprint density at radius 1 is 1.03 bits per heavy atom. The van der Waals surface area contributed by atoms with Crippen molar-refractivity contribution in [2.45, 2.75) is 47.6 Å². The van der Waals surface area contributed by atoms with Crippen molar-refractivity contribution in [3.63, 3.8) is 0 Å². The highest BCUT2D eigenvalue weighted by Crippen LogP contribution is 2.41. The van der Waals surface area contributed by atoms with Gasteiger partial charge in [0.15, 0.2) is 17.2 Å². The average Bonchev–Trinajstić information content (AvgIpc) is 3.37. The van der Waals surface area contributed by atoms with Gasteiger partial charge < -0.3 is 18.6 Å². The van der Waals surface area contributed by atoms with Crippen LogP contribution in [0.3, 0.4) is 0 Å². The summed E-state index contributed by atoms with van der Waals surface area (Å²) in [5.74, 6) is 1.31. The molecule has 172 valence electrons. The average molecular weight is 444 g/mol. The third kappa shape index (κ3) is 5.01. The van der Waals surface area contributed by atoms with Crippen LogP contribution in [-0.4, -0.2) is 45.7 Å². The van der Waals surface area contributed by atoms with Crippen LogP contribution in [0.15, 0.2) is 22.6 Å². The summed E-state index contributed by atoms with van der Waals surface area (Å²) in [6, 6.07) is 5.30. The molecular formula is C22H29N5O5. The van der Waals surface area contributed by atoms with E-state index in [-0.39, 0.29) is 23.6 Å². The number of ether oxygens (including phenoxy) is 3. The van der Waals surface area contributed by atoms with Crippen molar-refractivity contribution in [2.24, 2.45) is 0 Å². The van der Waals surface area contributed by atoms with Crippen molar-refractivity contribution in [2.75, 3.05) is 25.1 Å². The van der Waals surface area contributed by atoms with Gasteiger partial charge >= 0.3 is 6.01 Å². The minimum atomic E-state index is -0.431. The van der Waals surface area contributed by atoms with Crippen molar-refractivity contribution in [1.82, 2.24) is 20.0 Å². The summed E-state index contributed by atoms with van der Waals surface area (Å²) in [5, 5.41) is 14.9. The highest BCUT2D eigenvalue weighted by atomic mass is 16.5. The molecule has 0 radical (unpaired) electrons. The highest BCUT2D eigenvalue weighted by Gasteiger charge is 2.20. The second-order valence-electron chi connectivity index (χ2n) is 7.18. The number of nitrogens with one attached hydrogen (secondary N) is 1. The van der Waals surface area contributed by atoms with E-state index >= 15 is 0 Å². The number of nitrogens with zero attached hydrogens (tertiary/aromatic N) is 4. The molecule has 0 atom stereocenters. The Morgan fingerprint density at radius 3 is 2.19 bits per heavy atom. The van der Waals surface area contributed by atoms with Crippen LogP contribution in [0.1, 0.15) is 56.8 Å². The number of carbonyl (C=O) groups excluding carboxylic acids is 1. The van der Waals surface area contributed by atoms with Gasteiger partial charge in [-0.1, -0.05) is 5.10 Å². The molecule has 0 bridgehead atoms. The predicted molar refractivity (Wildman–Crippen MR) is 119 cm³/mol. The van der Waals surface area contributed by atoms with Gasteiger partial charge in [0.2, 0.25) is 11.6 Å². The van der Waals surface area contributed by atoms with Crippen molar-refractivity contribution in [1.29, 1.82) is 0 Å². The first-order chi connectivity index (χ1) is 15.4. The first-order valence-corrected chi connectivity index (χ1v) is 10.7. The van der Waals surface area contributed by atoms with Crippen LogP contribution in [-0.2, 0) is 0 Å². The fraction of sp³-hybridized carbons (Fsp3) is 0.455. The van der Waals surface area contributed by atoms with Crippen LogP contribution in [0.25, 0.3) is 11.5 Å². The Labute approximate surface area is 186 Å². The topological polar surface area (TPSA) is 114 Å². The molecule has 2 aromatic heterocycles. The summed E-state index contributed by atoms with van der Waals surface area (Å²) >= 11 is 0. The van der Waals surface area contributed by atoms with Crippen LogP contribution >= 0.6 is 0 Å². The van der Waals surface area contributed by atoms with Crippen LogP contribution < -0.4 is 19.5 Å². The Bertz CT molecular complexity index is 1050. The maximum absolute atomic E-state index is 12.6. The first kappa shape index (κ1) is 23.1. The van der Waals surface area contributed by atoms with Crippen molar-refractivity contribution in [3.05, 3.63) is 29.6 Å². The molecule has 0 spiro atoms. The smallest absolute Gasteiger partial charge is 0.322 e. The van der Waals surface area contributed by atoms with Gasteiger partial charge in [-0.3, -0.25) is 14.8 Å². The van der Waals surface area contributed by atoms with Gasteiger partial charge in [0.05, 0.1) is 19.8 Å². The quantitative estimate of drug-likeness (QED) is 0.494. The molecule has 0 aliphatic heterocycles. The number of rotatable bonds is 10. The molecule has 0 aliphatic carbocycles. The summed E-state index contributed by atoms with van der Waals surface area (Å²) in [6.45, 7) is 12.9. The summed E-state index contributed by atoms with van der Waals surface area (Å²) in [6.07, 6.45) is 0. The van der Waals surface area contributed by atoms with Crippen LogP contribution in [0, 0.1) is 6.92 Å². The number of aryl methyl sites for hydroxylation is 1. The molecule has 0 unspecified atom stereocenters. The molecule has 3 aromatic rings. The molecule has 2 heterocycles. The summed E-state index contributed by atoms with van der Waals surface area (Å²) in [4.78, 5) is 12.6. The maximum atomic E-state index is 12.6. The number of hydrogen-bond acceptors (Lipinski definition) is 8. The summed E-state index contributed by atoms with van der Waals surface area (Å²) in [7, 11) is 0. The molecule has 10 heteroatoms. The third-order valence-electron chi connectivity index (χ3n) is 4.45. The second-order valence-corrected chi connectivity index (χ2v) is 7.18. The lowest BCUT2D eigenvalue weighted by molar-refractivity contribution is 0.101. The molecule has 0 saturated carbocycles. The van der Waals surface area contributed by atoms with Gasteiger partial charge in [0.1, 0.15) is 0 Å². The van der Waals surface area contributed by atoms with Gasteiger partial charge in [0.25, 0.3) is 5.91 Å². The minimum absolute atomic E-state index is 0.0356. The molecule has 32 heavy (non-hydrogen) atoms. The number of benzene rings is 1. The molecule has 0 fully saturated rings. The van der Waals surface area contributed by atoms with Gasteiger partial charge in [-0.2, -0.15) is 5.10 Å². The van der Waals surface area contributed by atoms with E-state index in [9.17, 15) is 4.79 Å². The number of hydrogen-bond donors (Lipinski definition) is 1. The Hall–Kier alpha value is -3.56. The van der Waals surface area contributed by atoms with Crippen LogP contribution in [0.2, 0.25) is 0 Å². The minimum Gasteiger partial charge on any atom is -0.490 e. The molecule has 10 nitrogen and oxygen atoms in total. The zero-order valence-corrected chi connectivity index (χ0v) is 19.3. The van der Waals surface area contributed by atoms with Crippen molar-refractivity contribution >= 4 is 11.9 Å². The van der Waals surface area contributed by atoms with Gasteiger partial charge in [-0.05, 0) is 59.7 Å². The SMILES string of the molecule is CCOc1cc(-c2nnc(NC(=O)c3cc(C)n(C(C)C)n3)o2)cc(OCC)c1OCC. The lowest BCUT2D eigenvalue weighted by atomic mass is 10.2. The number of carbonyl (C=O) groups is 1. The molecule has 1 amide bonds. The van der Waals surface area contributed by atoms with Crippen LogP contribution in [0.5, 0.6) is 17.2 Å². The Kier molecular flexibility index (Phi) is 7.34. The molecule has 1 N–H and O–H groups in total. The third-order valence-corrected chi connectivity index (χ3v) is 4.45. The number of anilines is 1. The normalized spacial score (nSPS) is 11.0. The summed E-state index contributed by atoms with van der Waals surface area (Å²) in [5.41, 5.74) is 1.74. The highest BCUT2D eigenvalue weighted by molar-refractivity contribution is 6.01. The van der Waals surface area contributed by atoms with E-state index in [1.165, 1.54) is 0 Å². The monoisotopic (exact) mass is 443 g/mol. The van der Waals surface area contributed by atoms with Gasteiger partial charge in [0, 0.05) is 17.3 Å². The maximum Gasteiger partial charge on any atom is 0.322 e. The predicted octanol–water partition coefficient (Wildman–Crippen LogP) is 4.27. The zero-order valence-electron chi connectivity index (χ0n) is 19.3. The lowest BCUT2D eigenvalue weighted by Gasteiger charge is -2.16. The fourth-order valence-electron chi connectivity index (χ4n) is 3.19. The molecule has 3 rings (SSSR count). The van der Waals surface area contributed by atoms with Crippen molar-refractivity contribution in [3.8, 4) is 28.7 Å². The van der Waals surface area contributed by atoms with E-state index in [2.05, 4.69) is 20.6 Å². The zero-order chi connectivity index (χ0) is 23.3. The standard InChI is InChI=1S/C22H29N5O5/c1-7-29-17-11-15(12-18(30-8-2)19(17)31-9-3)21-24-25-22(32-21)23-20(28)16-10-14(6)27(26-16)13(4)5/h10-13H,7-9H2,1-6H3,(H,23,25,28). The fourth-order valence-corrected chi connectivity index (χ4v) is 3.19. The van der Waals surface area contributed by atoms with E-state index in [0.717, 1.165) is 5.69 Å². The molecule has 0 saturated heterocycles. The Morgan fingerprint density at radius 2 is 1.66 bits per heavy atom. The van der Waals surface area contributed by atoms with E-state index in [4.69, 9.17) is 18.6 Å². The van der Waals surface area contributed by atoms with E-state index in [1.807, 2.05) is 41.5 Å². The molecule has 0 aliphatic rings. The number of amides is 1.